The second kappa shape index (κ2) is 6.10. The van der Waals surface area contributed by atoms with Crippen molar-refractivity contribution in [2.45, 2.75) is 22.1 Å². The molecule has 1 aliphatic heterocycles. The smallest absolute Gasteiger partial charge is 0.206 e. The molecule has 2 aromatic carbocycles. The van der Waals surface area contributed by atoms with Gasteiger partial charge in [0.25, 0.3) is 0 Å². The first kappa shape index (κ1) is 15.1. The van der Waals surface area contributed by atoms with E-state index in [9.17, 15) is 8.42 Å². The first-order chi connectivity index (χ1) is 10.6. The third kappa shape index (κ3) is 2.87. The van der Waals surface area contributed by atoms with E-state index in [1.165, 1.54) is 5.56 Å². The Morgan fingerprint density at radius 2 is 1.59 bits per heavy atom. The maximum atomic E-state index is 12.6. The van der Waals surface area contributed by atoms with Gasteiger partial charge in [0.1, 0.15) is 5.75 Å². The fourth-order valence-corrected chi connectivity index (χ4v) is 4.01. The quantitative estimate of drug-likeness (QED) is 0.942. The van der Waals surface area contributed by atoms with Gasteiger partial charge in [0.15, 0.2) is 0 Å². The van der Waals surface area contributed by atoms with Gasteiger partial charge in [0, 0.05) is 6.54 Å². The third-order valence-electron chi connectivity index (χ3n) is 4.09. The van der Waals surface area contributed by atoms with Crippen molar-refractivity contribution in [1.82, 2.24) is 5.32 Å². The maximum Gasteiger partial charge on any atom is 0.206 e. The highest BCUT2D eigenvalue weighted by Crippen LogP contribution is 2.27. The molecule has 0 radical (unpaired) electrons. The normalized spacial score (nSPS) is 18.3. The Bertz CT molecular complexity index is 730. The van der Waals surface area contributed by atoms with Gasteiger partial charge >= 0.3 is 0 Å². The fraction of sp³-hybridized carbons (Fsp3) is 0.294. The van der Waals surface area contributed by atoms with Crippen molar-refractivity contribution in [2.24, 2.45) is 0 Å². The van der Waals surface area contributed by atoms with Crippen LogP contribution in [0.1, 0.15) is 17.9 Å². The predicted molar refractivity (Wildman–Crippen MR) is 85.1 cm³/mol. The van der Waals surface area contributed by atoms with Gasteiger partial charge in [-0.25, -0.2) is 8.42 Å². The summed E-state index contributed by atoms with van der Waals surface area (Å²) in [6, 6.07) is 13.7. The van der Waals surface area contributed by atoms with Crippen molar-refractivity contribution in [3.8, 4) is 5.75 Å². The van der Waals surface area contributed by atoms with E-state index >= 15 is 0 Å². The van der Waals surface area contributed by atoms with Gasteiger partial charge in [-0.3, -0.25) is 0 Å². The summed E-state index contributed by atoms with van der Waals surface area (Å²) in [6.07, 6.45) is 1.10. The molecule has 4 nitrogen and oxygen atoms in total. The molecule has 3 rings (SSSR count). The molecular formula is C17H19NO3S. The van der Waals surface area contributed by atoms with Gasteiger partial charge in [-0.2, -0.15) is 0 Å². The van der Waals surface area contributed by atoms with Crippen molar-refractivity contribution in [1.29, 1.82) is 0 Å². The van der Waals surface area contributed by atoms with Gasteiger partial charge in [-0.05, 0) is 60.8 Å². The van der Waals surface area contributed by atoms with E-state index in [-0.39, 0.29) is 4.90 Å². The van der Waals surface area contributed by atoms with Crippen LogP contribution in [0.4, 0.5) is 0 Å². The molecule has 1 fully saturated rings. The molecule has 0 amide bonds. The molecule has 0 saturated carbocycles. The van der Waals surface area contributed by atoms with E-state index in [0.29, 0.717) is 16.6 Å². The van der Waals surface area contributed by atoms with E-state index in [2.05, 4.69) is 5.32 Å². The van der Waals surface area contributed by atoms with Crippen LogP contribution in [0.25, 0.3) is 0 Å². The van der Waals surface area contributed by atoms with Crippen molar-refractivity contribution >= 4 is 9.84 Å². The first-order valence-electron chi connectivity index (χ1n) is 7.31. The molecule has 2 aromatic rings. The lowest BCUT2D eigenvalue weighted by molar-refractivity contribution is 0.414. The van der Waals surface area contributed by atoms with Crippen LogP contribution in [0.5, 0.6) is 5.75 Å². The van der Waals surface area contributed by atoms with Crippen LogP contribution in [0.3, 0.4) is 0 Å². The Balaban J connectivity index is 1.87. The van der Waals surface area contributed by atoms with E-state index in [4.69, 9.17) is 4.74 Å². The Morgan fingerprint density at radius 1 is 1.00 bits per heavy atom. The summed E-state index contributed by atoms with van der Waals surface area (Å²) < 4.78 is 30.3. The average molecular weight is 317 g/mol. The lowest BCUT2D eigenvalue weighted by atomic mass is 9.99. The van der Waals surface area contributed by atoms with Gasteiger partial charge in [-0.1, -0.05) is 12.1 Å². The summed E-state index contributed by atoms with van der Waals surface area (Å²) in [5, 5.41) is 3.32. The zero-order chi connectivity index (χ0) is 15.6. The molecule has 1 N–H and O–H groups in total. The van der Waals surface area contributed by atoms with E-state index in [1.54, 1.807) is 43.5 Å². The molecule has 1 heterocycles. The summed E-state index contributed by atoms with van der Waals surface area (Å²) in [6.45, 7) is 1.99. The van der Waals surface area contributed by atoms with Gasteiger partial charge in [0.2, 0.25) is 9.84 Å². The maximum absolute atomic E-state index is 12.6. The summed E-state index contributed by atoms with van der Waals surface area (Å²) in [7, 11) is -1.92. The summed E-state index contributed by atoms with van der Waals surface area (Å²) in [5.41, 5.74) is 1.19. The monoisotopic (exact) mass is 317 g/mol. The van der Waals surface area contributed by atoms with Gasteiger partial charge in [0.05, 0.1) is 16.9 Å². The second-order valence-corrected chi connectivity index (χ2v) is 7.39. The average Bonchev–Trinajstić information content (AvgIpc) is 3.09. The number of benzene rings is 2. The topological polar surface area (TPSA) is 55.4 Å². The van der Waals surface area contributed by atoms with Crippen LogP contribution < -0.4 is 10.1 Å². The highest BCUT2D eigenvalue weighted by molar-refractivity contribution is 7.91. The van der Waals surface area contributed by atoms with E-state index < -0.39 is 9.84 Å². The molecule has 0 aromatic heterocycles. The van der Waals surface area contributed by atoms with Crippen LogP contribution in [-0.2, 0) is 9.84 Å². The lowest BCUT2D eigenvalue weighted by Crippen LogP contribution is -2.08. The fourth-order valence-electron chi connectivity index (χ4n) is 2.75. The number of hydrogen-bond acceptors (Lipinski definition) is 4. The minimum absolute atomic E-state index is 0.281. The Labute approximate surface area is 131 Å². The molecule has 0 bridgehead atoms. The second-order valence-electron chi connectivity index (χ2n) is 5.44. The molecular weight excluding hydrogens is 298 g/mol. The molecule has 1 aliphatic rings. The van der Waals surface area contributed by atoms with Crippen LogP contribution in [-0.4, -0.2) is 28.6 Å². The minimum atomic E-state index is -3.48. The zero-order valence-electron chi connectivity index (χ0n) is 12.5. The van der Waals surface area contributed by atoms with Crippen molar-refractivity contribution in [2.75, 3.05) is 20.2 Å². The molecule has 1 saturated heterocycles. The standard InChI is InChI=1S/C17H19NO3S/c1-21-15-4-8-17(9-5-15)22(19,20)16-6-2-13(3-7-16)14-10-11-18-12-14/h2-9,14,18H,10-12H2,1H3. The molecule has 1 unspecified atom stereocenters. The number of ether oxygens (including phenoxy) is 1. The van der Waals surface area contributed by atoms with E-state index in [1.807, 2.05) is 12.1 Å². The minimum Gasteiger partial charge on any atom is -0.497 e. The van der Waals surface area contributed by atoms with E-state index in [0.717, 1.165) is 19.5 Å². The molecule has 22 heavy (non-hydrogen) atoms. The molecule has 0 spiro atoms. The summed E-state index contributed by atoms with van der Waals surface area (Å²) in [4.78, 5) is 0.607. The predicted octanol–water partition coefficient (Wildman–Crippen LogP) is 2.60. The Kier molecular flexibility index (Phi) is 4.18. The summed E-state index contributed by atoms with van der Waals surface area (Å²) >= 11 is 0. The number of sulfone groups is 1. The molecule has 5 heteroatoms. The molecule has 116 valence electrons. The SMILES string of the molecule is COc1ccc(S(=O)(=O)c2ccc(C3CCNC3)cc2)cc1. The molecule has 1 atom stereocenters. The van der Waals surface area contributed by atoms with Crippen LogP contribution in [0.2, 0.25) is 0 Å². The highest BCUT2D eigenvalue weighted by atomic mass is 32.2. The van der Waals surface area contributed by atoms with Gasteiger partial charge in [-0.15, -0.1) is 0 Å². The number of methoxy groups -OCH3 is 1. The van der Waals surface area contributed by atoms with Crippen molar-refractivity contribution < 1.29 is 13.2 Å². The van der Waals surface area contributed by atoms with Crippen LogP contribution >= 0.6 is 0 Å². The highest BCUT2D eigenvalue weighted by Gasteiger charge is 2.20. The van der Waals surface area contributed by atoms with Crippen LogP contribution in [0.15, 0.2) is 58.3 Å². The van der Waals surface area contributed by atoms with Crippen molar-refractivity contribution in [3.63, 3.8) is 0 Å². The molecule has 0 aliphatic carbocycles. The number of rotatable bonds is 4. The van der Waals surface area contributed by atoms with Crippen molar-refractivity contribution in [3.05, 3.63) is 54.1 Å². The van der Waals surface area contributed by atoms with Gasteiger partial charge < -0.3 is 10.1 Å². The van der Waals surface area contributed by atoms with Crippen LogP contribution in [0, 0.1) is 0 Å². The zero-order valence-corrected chi connectivity index (χ0v) is 13.3. The Morgan fingerprint density at radius 3 is 2.09 bits per heavy atom. The lowest BCUT2D eigenvalue weighted by Gasteiger charge is -2.10. The summed E-state index contributed by atoms with van der Waals surface area (Å²) in [5.74, 6) is 1.13. The number of nitrogens with one attached hydrogen (secondary N) is 1. The Hall–Kier alpha value is -1.85. The number of hydrogen-bond donors (Lipinski definition) is 1. The third-order valence-corrected chi connectivity index (χ3v) is 5.88. The largest absolute Gasteiger partial charge is 0.497 e. The first-order valence-corrected chi connectivity index (χ1v) is 8.79.